The number of aliphatic hydroxyl groups excluding tert-OH is 1. The van der Waals surface area contributed by atoms with Gasteiger partial charge in [-0.25, -0.2) is 0 Å². The monoisotopic (exact) mass is 207 g/mol. The molecule has 0 aromatic heterocycles. The van der Waals surface area contributed by atoms with Crippen LogP contribution in [0, 0.1) is 0 Å². The fourth-order valence-electron chi connectivity index (χ4n) is 1.72. The lowest BCUT2D eigenvalue weighted by Crippen LogP contribution is -2.45. The number of likely N-dealkylation sites (N-methyl/N-ethyl adjacent to an activating group) is 1. The highest BCUT2D eigenvalue weighted by molar-refractivity contribution is 5.15. The quantitative estimate of drug-likeness (QED) is 0.747. The fourth-order valence-corrected chi connectivity index (χ4v) is 1.72. The van der Waals surface area contributed by atoms with Crippen LogP contribution in [0.5, 0.6) is 0 Å². The summed E-state index contributed by atoms with van der Waals surface area (Å²) in [4.78, 5) is 0. The van der Waals surface area contributed by atoms with Gasteiger partial charge in [-0.15, -0.1) is 0 Å². The number of nitrogens with one attached hydrogen (secondary N) is 1. The van der Waals surface area contributed by atoms with E-state index in [1.807, 2.05) is 6.07 Å². The number of benzene rings is 1. The van der Waals surface area contributed by atoms with Crippen LogP contribution in [0.3, 0.4) is 0 Å². The van der Waals surface area contributed by atoms with Gasteiger partial charge < -0.3 is 10.4 Å². The molecule has 2 heteroatoms. The Morgan fingerprint density at radius 3 is 2.47 bits per heavy atom. The molecule has 2 N–H and O–H groups in total. The molecule has 0 bridgehead atoms. The largest absolute Gasteiger partial charge is 0.394 e. The molecule has 1 rings (SSSR count). The van der Waals surface area contributed by atoms with Crippen LogP contribution in [0.25, 0.3) is 0 Å². The lowest BCUT2D eigenvalue weighted by atomic mass is 9.94. The molecule has 84 valence electrons. The highest BCUT2D eigenvalue weighted by Gasteiger charge is 2.20. The Bertz CT molecular complexity index is 273. The summed E-state index contributed by atoms with van der Waals surface area (Å²) in [7, 11) is 0. The predicted molar refractivity (Wildman–Crippen MR) is 63.9 cm³/mol. The summed E-state index contributed by atoms with van der Waals surface area (Å²) in [6.07, 6.45) is 1.96. The summed E-state index contributed by atoms with van der Waals surface area (Å²) in [5.41, 5.74) is 1.18. The lowest BCUT2D eigenvalue weighted by Gasteiger charge is -2.28. The minimum absolute atomic E-state index is 0.148. The van der Waals surface area contributed by atoms with Crippen LogP contribution in [-0.2, 0) is 6.42 Å². The number of hydrogen-bond acceptors (Lipinski definition) is 2. The maximum absolute atomic E-state index is 9.33. The molecule has 1 unspecified atom stereocenters. The molecule has 1 aromatic rings. The smallest absolute Gasteiger partial charge is 0.0610 e. The first kappa shape index (κ1) is 12.2. The van der Waals surface area contributed by atoms with Gasteiger partial charge in [0, 0.05) is 5.54 Å². The van der Waals surface area contributed by atoms with E-state index in [-0.39, 0.29) is 12.1 Å². The van der Waals surface area contributed by atoms with Crippen molar-refractivity contribution in [1.82, 2.24) is 5.32 Å². The lowest BCUT2D eigenvalue weighted by molar-refractivity contribution is 0.168. The fraction of sp³-hybridized carbons (Fsp3) is 0.538. The van der Waals surface area contributed by atoms with Crippen LogP contribution in [0.4, 0.5) is 0 Å². The van der Waals surface area contributed by atoms with Crippen LogP contribution in [-0.4, -0.2) is 23.8 Å². The van der Waals surface area contributed by atoms with E-state index in [1.54, 1.807) is 0 Å². The minimum atomic E-state index is -0.148. The molecule has 0 aliphatic heterocycles. The Hall–Kier alpha value is -0.860. The summed E-state index contributed by atoms with van der Waals surface area (Å²) < 4.78 is 0. The highest BCUT2D eigenvalue weighted by atomic mass is 16.3. The van der Waals surface area contributed by atoms with Gasteiger partial charge in [0.05, 0.1) is 6.61 Å². The molecule has 15 heavy (non-hydrogen) atoms. The minimum Gasteiger partial charge on any atom is -0.394 e. The van der Waals surface area contributed by atoms with E-state index in [2.05, 4.69) is 43.4 Å². The molecule has 0 saturated carbocycles. The molecule has 0 saturated heterocycles. The Labute approximate surface area is 92.3 Å². The highest BCUT2D eigenvalue weighted by Crippen LogP contribution is 2.13. The first-order valence-corrected chi connectivity index (χ1v) is 5.60. The van der Waals surface area contributed by atoms with Crippen LogP contribution >= 0.6 is 0 Å². The third-order valence-corrected chi connectivity index (χ3v) is 2.76. The van der Waals surface area contributed by atoms with E-state index in [0.29, 0.717) is 0 Å². The summed E-state index contributed by atoms with van der Waals surface area (Å²) >= 11 is 0. The van der Waals surface area contributed by atoms with E-state index < -0.39 is 0 Å². The number of aliphatic hydroxyl groups is 1. The zero-order valence-electron chi connectivity index (χ0n) is 9.66. The molecule has 0 spiro atoms. The molecule has 2 nitrogen and oxygen atoms in total. The molecule has 0 fully saturated rings. The summed E-state index contributed by atoms with van der Waals surface area (Å²) in [6, 6.07) is 10.4. The summed E-state index contributed by atoms with van der Waals surface area (Å²) in [5.74, 6) is 0. The van der Waals surface area contributed by atoms with Gasteiger partial charge in [-0.1, -0.05) is 37.3 Å². The van der Waals surface area contributed by atoms with Crippen LogP contribution in [0.2, 0.25) is 0 Å². The van der Waals surface area contributed by atoms with Crippen LogP contribution in [0.15, 0.2) is 30.3 Å². The van der Waals surface area contributed by atoms with Gasteiger partial charge >= 0.3 is 0 Å². The van der Waals surface area contributed by atoms with E-state index in [0.717, 1.165) is 19.4 Å². The van der Waals surface area contributed by atoms with Gasteiger partial charge in [0.15, 0.2) is 0 Å². The Morgan fingerprint density at radius 1 is 1.27 bits per heavy atom. The van der Waals surface area contributed by atoms with Crippen LogP contribution < -0.4 is 5.32 Å². The van der Waals surface area contributed by atoms with E-state index in [4.69, 9.17) is 0 Å². The number of hydrogen-bond donors (Lipinski definition) is 2. The van der Waals surface area contributed by atoms with E-state index in [9.17, 15) is 5.11 Å². The third kappa shape index (κ3) is 4.02. The average molecular weight is 207 g/mol. The average Bonchev–Trinajstić information content (AvgIpc) is 2.28. The third-order valence-electron chi connectivity index (χ3n) is 2.76. The van der Waals surface area contributed by atoms with Gasteiger partial charge in [0.1, 0.15) is 0 Å². The summed E-state index contributed by atoms with van der Waals surface area (Å²) in [5, 5.41) is 12.7. The van der Waals surface area contributed by atoms with Crippen molar-refractivity contribution >= 4 is 0 Å². The van der Waals surface area contributed by atoms with Crippen molar-refractivity contribution in [2.45, 2.75) is 32.2 Å². The van der Waals surface area contributed by atoms with Gasteiger partial charge in [0.2, 0.25) is 0 Å². The second kappa shape index (κ2) is 5.89. The first-order valence-electron chi connectivity index (χ1n) is 5.60. The Balaban J connectivity index is 2.47. The molecule has 0 radical (unpaired) electrons. The predicted octanol–water partition coefficient (Wildman–Crippen LogP) is 1.98. The molecular weight excluding hydrogens is 186 g/mol. The van der Waals surface area contributed by atoms with Crippen molar-refractivity contribution in [3.63, 3.8) is 0 Å². The Kier molecular flexibility index (Phi) is 4.79. The molecule has 0 heterocycles. The van der Waals surface area contributed by atoms with E-state index >= 15 is 0 Å². The molecule has 1 aromatic carbocycles. The zero-order valence-corrected chi connectivity index (χ0v) is 9.66. The molecule has 0 amide bonds. The summed E-state index contributed by atoms with van der Waals surface area (Å²) in [6.45, 7) is 5.22. The number of aryl methyl sites for hydroxylation is 1. The molecule has 1 atom stereocenters. The van der Waals surface area contributed by atoms with Gasteiger partial charge in [-0.05, 0) is 31.9 Å². The molecule has 0 aliphatic rings. The second-order valence-corrected chi connectivity index (χ2v) is 4.23. The van der Waals surface area contributed by atoms with Crippen molar-refractivity contribution in [2.24, 2.45) is 0 Å². The van der Waals surface area contributed by atoms with Crippen molar-refractivity contribution in [3.8, 4) is 0 Å². The van der Waals surface area contributed by atoms with Crippen molar-refractivity contribution < 1.29 is 5.11 Å². The standard InChI is InChI=1S/C13H21NO/c1-3-14-13(2,11-15)10-9-12-7-5-4-6-8-12/h4-8,14-15H,3,9-11H2,1-2H3. The normalized spacial score (nSPS) is 14.9. The van der Waals surface area contributed by atoms with Crippen LogP contribution in [0.1, 0.15) is 25.8 Å². The van der Waals surface area contributed by atoms with Crippen molar-refractivity contribution in [1.29, 1.82) is 0 Å². The zero-order chi connectivity index (χ0) is 11.1. The van der Waals surface area contributed by atoms with Gasteiger partial charge in [-0.2, -0.15) is 0 Å². The maximum Gasteiger partial charge on any atom is 0.0610 e. The van der Waals surface area contributed by atoms with E-state index in [1.165, 1.54) is 5.56 Å². The molecular formula is C13H21NO. The maximum atomic E-state index is 9.33. The SMILES string of the molecule is CCNC(C)(CO)CCc1ccccc1. The molecule has 0 aliphatic carbocycles. The van der Waals surface area contributed by atoms with Gasteiger partial charge in [-0.3, -0.25) is 0 Å². The number of rotatable bonds is 6. The Morgan fingerprint density at radius 2 is 1.93 bits per heavy atom. The second-order valence-electron chi connectivity index (χ2n) is 4.23. The van der Waals surface area contributed by atoms with Crippen molar-refractivity contribution in [3.05, 3.63) is 35.9 Å². The first-order chi connectivity index (χ1) is 7.20. The topological polar surface area (TPSA) is 32.3 Å². The van der Waals surface area contributed by atoms with Gasteiger partial charge in [0.25, 0.3) is 0 Å². The van der Waals surface area contributed by atoms with Crippen molar-refractivity contribution in [2.75, 3.05) is 13.2 Å².